The monoisotopic (exact) mass is 396 g/mol. The van der Waals surface area contributed by atoms with Gasteiger partial charge in [0.25, 0.3) is 5.91 Å². The van der Waals surface area contributed by atoms with Crippen molar-refractivity contribution in [2.75, 3.05) is 10.6 Å². The van der Waals surface area contributed by atoms with Crippen molar-refractivity contribution in [2.24, 2.45) is 23.7 Å². The molecule has 1 aromatic carbocycles. The van der Waals surface area contributed by atoms with Crippen molar-refractivity contribution in [1.82, 2.24) is 0 Å². The fourth-order valence-corrected chi connectivity index (χ4v) is 4.83. The standard InChI is InChI=1S/C21H20N2O4S/c1-11-9-14(6-7-15(11)23-19(24)16-3-2-8-28-16)22-20(25)17-12-4-5-13(10-12)18(17)21(26)27/h2-9,12-13,17-18H,10H2,1H3,(H,22,25)(H,23,24)(H,26,27)/t12-,13+,17-,18+/m1/s1. The molecule has 7 heteroatoms. The molecule has 2 aromatic rings. The van der Waals surface area contributed by atoms with Crippen molar-refractivity contribution in [2.45, 2.75) is 13.3 Å². The molecule has 1 saturated carbocycles. The van der Waals surface area contributed by atoms with Crippen LogP contribution < -0.4 is 10.6 Å². The van der Waals surface area contributed by atoms with Crippen LogP contribution >= 0.6 is 11.3 Å². The molecule has 0 unspecified atom stereocenters. The summed E-state index contributed by atoms with van der Waals surface area (Å²) < 4.78 is 0. The normalized spacial score (nSPS) is 24.9. The Bertz CT molecular complexity index is 967. The van der Waals surface area contributed by atoms with Gasteiger partial charge in [0, 0.05) is 11.4 Å². The number of hydrogen-bond donors (Lipinski definition) is 3. The minimum Gasteiger partial charge on any atom is -0.481 e. The molecule has 4 atom stereocenters. The number of thiophene rings is 1. The number of carboxylic acids is 1. The molecular formula is C21H20N2O4S. The Hall–Kier alpha value is -2.93. The number of nitrogens with one attached hydrogen (secondary N) is 2. The molecule has 2 aliphatic rings. The molecule has 2 bridgehead atoms. The lowest BCUT2D eigenvalue weighted by molar-refractivity contribution is -0.146. The van der Waals surface area contributed by atoms with Crippen LogP contribution in [0, 0.1) is 30.6 Å². The second-order valence-corrected chi connectivity index (χ2v) is 8.24. The van der Waals surface area contributed by atoms with Crippen LogP contribution in [0.3, 0.4) is 0 Å². The molecule has 0 aliphatic heterocycles. The molecule has 0 spiro atoms. The number of hydrogen-bond acceptors (Lipinski definition) is 4. The zero-order chi connectivity index (χ0) is 19.8. The molecule has 0 radical (unpaired) electrons. The van der Waals surface area contributed by atoms with Gasteiger partial charge in [-0.25, -0.2) is 0 Å². The zero-order valence-electron chi connectivity index (χ0n) is 15.2. The molecule has 0 saturated heterocycles. The summed E-state index contributed by atoms with van der Waals surface area (Å²) in [6.45, 7) is 1.85. The molecule has 2 aliphatic carbocycles. The third-order valence-electron chi connectivity index (χ3n) is 5.53. The van der Waals surface area contributed by atoms with Gasteiger partial charge in [-0.1, -0.05) is 18.2 Å². The van der Waals surface area contributed by atoms with E-state index in [1.54, 1.807) is 24.3 Å². The lowest BCUT2D eigenvalue weighted by Gasteiger charge is -2.24. The molecular weight excluding hydrogens is 376 g/mol. The summed E-state index contributed by atoms with van der Waals surface area (Å²) >= 11 is 1.37. The number of carbonyl (C=O) groups is 3. The molecule has 144 valence electrons. The fraction of sp³-hybridized carbons (Fsp3) is 0.286. The maximum Gasteiger partial charge on any atom is 0.307 e. The van der Waals surface area contributed by atoms with Gasteiger partial charge < -0.3 is 15.7 Å². The predicted molar refractivity (Wildman–Crippen MR) is 107 cm³/mol. The minimum absolute atomic E-state index is 0.0171. The Labute approximate surface area is 166 Å². The molecule has 4 rings (SSSR count). The Morgan fingerprint density at radius 1 is 1.07 bits per heavy atom. The van der Waals surface area contributed by atoms with Crippen LogP contribution in [0.2, 0.25) is 0 Å². The van der Waals surface area contributed by atoms with Crippen molar-refractivity contribution >= 4 is 40.5 Å². The first-order valence-electron chi connectivity index (χ1n) is 9.11. The third-order valence-corrected chi connectivity index (χ3v) is 6.40. The van der Waals surface area contributed by atoms with E-state index in [-0.39, 0.29) is 23.7 Å². The van der Waals surface area contributed by atoms with E-state index < -0.39 is 17.8 Å². The number of aryl methyl sites for hydroxylation is 1. The number of benzene rings is 1. The highest BCUT2D eigenvalue weighted by Crippen LogP contribution is 2.48. The number of carboxylic acid groups (broad SMARTS) is 1. The first-order valence-corrected chi connectivity index (χ1v) is 9.99. The average molecular weight is 396 g/mol. The van der Waals surface area contributed by atoms with E-state index in [0.717, 1.165) is 12.0 Å². The molecule has 28 heavy (non-hydrogen) atoms. The van der Waals surface area contributed by atoms with Crippen molar-refractivity contribution < 1.29 is 19.5 Å². The largest absolute Gasteiger partial charge is 0.481 e. The Balaban J connectivity index is 1.46. The minimum atomic E-state index is -0.917. The van der Waals surface area contributed by atoms with Gasteiger partial charge >= 0.3 is 5.97 Å². The second kappa shape index (κ2) is 7.24. The highest BCUT2D eigenvalue weighted by atomic mass is 32.1. The summed E-state index contributed by atoms with van der Waals surface area (Å²) in [5, 5.41) is 17.1. The van der Waals surface area contributed by atoms with Gasteiger partial charge in [0.05, 0.1) is 16.7 Å². The van der Waals surface area contributed by atoms with Crippen molar-refractivity contribution in [1.29, 1.82) is 0 Å². The van der Waals surface area contributed by atoms with Crippen LogP contribution in [0.4, 0.5) is 11.4 Å². The number of anilines is 2. The average Bonchev–Trinajstić information content (AvgIpc) is 3.40. The highest BCUT2D eigenvalue weighted by Gasteiger charge is 2.51. The SMILES string of the molecule is Cc1cc(NC(=O)[C@H]2[C@@H](C(=O)O)[C@H]3C=C[C@@H]2C3)ccc1NC(=O)c1cccs1. The van der Waals surface area contributed by atoms with Crippen LogP contribution in [0.15, 0.2) is 47.9 Å². The van der Waals surface area contributed by atoms with Gasteiger partial charge in [-0.05, 0) is 60.4 Å². The predicted octanol–water partition coefficient (Wildman–Crippen LogP) is 3.77. The summed E-state index contributed by atoms with van der Waals surface area (Å²) in [4.78, 5) is 37.2. The maximum absolute atomic E-state index is 12.8. The number of amides is 2. The summed E-state index contributed by atoms with van der Waals surface area (Å²) in [6.07, 6.45) is 4.60. The van der Waals surface area contributed by atoms with Gasteiger partial charge in [0.15, 0.2) is 0 Å². The molecule has 1 aromatic heterocycles. The van der Waals surface area contributed by atoms with E-state index in [9.17, 15) is 19.5 Å². The van der Waals surface area contributed by atoms with Crippen molar-refractivity contribution in [3.63, 3.8) is 0 Å². The fourth-order valence-electron chi connectivity index (χ4n) is 4.22. The van der Waals surface area contributed by atoms with Crippen LogP contribution in [-0.2, 0) is 9.59 Å². The molecule has 1 fully saturated rings. The molecule has 2 amide bonds. The van der Waals surface area contributed by atoms with E-state index in [4.69, 9.17) is 0 Å². The van der Waals surface area contributed by atoms with Gasteiger partial charge in [0.1, 0.15) is 0 Å². The van der Waals surface area contributed by atoms with Crippen LogP contribution in [0.5, 0.6) is 0 Å². The lowest BCUT2D eigenvalue weighted by Crippen LogP contribution is -2.36. The number of rotatable bonds is 5. The van der Waals surface area contributed by atoms with Gasteiger partial charge in [-0.2, -0.15) is 0 Å². The summed E-state index contributed by atoms with van der Waals surface area (Å²) in [6, 6.07) is 8.81. The smallest absolute Gasteiger partial charge is 0.307 e. The van der Waals surface area contributed by atoms with E-state index >= 15 is 0 Å². The van der Waals surface area contributed by atoms with Gasteiger partial charge in [0.2, 0.25) is 5.91 Å². The first kappa shape index (κ1) is 18.4. The van der Waals surface area contributed by atoms with E-state index in [1.807, 2.05) is 30.5 Å². The second-order valence-electron chi connectivity index (χ2n) is 7.29. The van der Waals surface area contributed by atoms with E-state index in [1.165, 1.54) is 11.3 Å². The van der Waals surface area contributed by atoms with Crippen LogP contribution in [0.25, 0.3) is 0 Å². The third kappa shape index (κ3) is 3.33. The van der Waals surface area contributed by atoms with Crippen LogP contribution in [0.1, 0.15) is 21.7 Å². The summed E-state index contributed by atoms with van der Waals surface area (Å²) in [5.41, 5.74) is 2.07. The Morgan fingerprint density at radius 2 is 1.82 bits per heavy atom. The number of aliphatic carboxylic acids is 1. The maximum atomic E-state index is 12.8. The van der Waals surface area contributed by atoms with Gasteiger partial charge in [-0.15, -0.1) is 11.3 Å². The highest BCUT2D eigenvalue weighted by molar-refractivity contribution is 7.12. The zero-order valence-corrected chi connectivity index (χ0v) is 16.0. The number of carbonyl (C=O) groups excluding carboxylic acids is 2. The van der Waals surface area contributed by atoms with E-state index in [0.29, 0.717) is 16.3 Å². The first-order chi connectivity index (χ1) is 13.4. The summed E-state index contributed by atoms with van der Waals surface area (Å²) in [5.74, 6) is -2.65. The molecule has 3 N–H and O–H groups in total. The number of fused-ring (bicyclic) bond motifs is 2. The molecule has 6 nitrogen and oxygen atoms in total. The quantitative estimate of drug-likeness (QED) is 0.671. The van der Waals surface area contributed by atoms with Crippen molar-refractivity contribution in [3.8, 4) is 0 Å². The number of allylic oxidation sites excluding steroid dienone is 2. The summed E-state index contributed by atoms with van der Waals surface area (Å²) in [7, 11) is 0. The molecule has 1 heterocycles. The van der Waals surface area contributed by atoms with Crippen LogP contribution in [-0.4, -0.2) is 22.9 Å². The topological polar surface area (TPSA) is 95.5 Å². The van der Waals surface area contributed by atoms with Gasteiger partial charge in [-0.3, -0.25) is 14.4 Å². The lowest BCUT2D eigenvalue weighted by atomic mass is 9.82. The Kier molecular flexibility index (Phi) is 4.77. The van der Waals surface area contributed by atoms with Crippen molar-refractivity contribution in [3.05, 3.63) is 58.3 Å². The Morgan fingerprint density at radius 3 is 2.46 bits per heavy atom. The van der Waals surface area contributed by atoms with E-state index in [2.05, 4.69) is 10.6 Å².